The minimum Gasteiger partial charge on any atom is -0.465 e. The summed E-state index contributed by atoms with van der Waals surface area (Å²) in [5.74, 6) is 2.04. The average Bonchev–Trinajstić information content (AvgIpc) is 2.93. The van der Waals surface area contributed by atoms with Gasteiger partial charge in [-0.3, -0.25) is 4.79 Å². The molecule has 5 unspecified atom stereocenters. The first kappa shape index (κ1) is 16.5. The topological polar surface area (TPSA) is 52.6 Å². The maximum Gasteiger partial charge on any atom is 0.333 e. The van der Waals surface area contributed by atoms with Crippen molar-refractivity contribution in [2.45, 2.75) is 64.4 Å². The van der Waals surface area contributed by atoms with Crippen LogP contribution in [0.1, 0.15) is 58.3 Å². The minimum absolute atomic E-state index is 0.0431. The normalized spacial score (nSPS) is 35.9. The van der Waals surface area contributed by atoms with E-state index in [9.17, 15) is 9.59 Å². The highest BCUT2D eigenvalue weighted by Crippen LogP contribution is 2.48. The second-order valence-electron chi connectivity index (χ2n) is 7.75. The lowest BCUT2D eigenvalue weighted by Gasteiger charge is -2.47. The van der Waals surface area contributed by atoms with E-state index in [-0.39, 0.29) is 18.0 Å². The van der Waals surface area contributed by atoms with Crippen molar-refractivity contribution in [1.82, 2.24) is 0 Å². The summed E-state index contributed by atoms with van der Waals surface area (Å²) >= 11 is 0. The van der Waals surface area contributed by atoms with Gasteiger partial charge in [0.2, 0.25) is 0 Å². The number of ether oxygens (including phenoxy) is 2. The average molecular weight is 320 g/mol. The van der Waals surface area contributed by atoms with Crippen LogP contribution in [-0.4, -0.2) is 24.6 Å². The van der Waals surface area contributed by atoms with E-state index in [1.54, 1.807) is 6.92 Å². The molecule has 4 heteroatoms. The van der Waals surface area contributed by atoms with Gasteiger partial charge in [0.15, 0.2) is 0 Å². The van der Waals surface area contributed by atoms with E-state index >= 15 is 0 Å². The highest BCUT2D eigenvalue weighted by Gasteiger charge is 2.43. The molecule has 0 spiro atoms. The lowest BCUT2D eigenvalue weighted by molar-refractivity contribution is -0.156. The van der Waals surface area contributed by atoms with Gasteiger partial charge >= 0.3 is 11.9 Å². The smallest absolute Gasteiger partial charge is 0.333 e. The molecule has 0 aromatic carbocycles. The lowest BCUT2D eigenvalue weighted by Crippen LogP contribution is -2.44. The fourth-order valence-corrected chi connectivity index (χ4v) is 4.72. The van der Waals surface area contributed by atoms with Crippen LogP contribution < -0.4 is 0 Å². The van der Waals surface area contributed by atoms with Crippen molar-refractivity contribution in [1.29, 1.82) is 0 Å². The predicted octanol–water partition coefficient (Wildman–Crippen LogP) is 3.64. The number of fused-ring (bicyclic) bond motifs is 3. The van der Waals surface area contributed by atoms with Crippen LogP contribution in [0.3, 0.4) is 0 Å². The van der Waals surface area contributed by atoms with E-state index in [0.29, 0.717) is 42.3 Å². The van der Waals surface area contributed by atoms with Gasteiger partial charge in [-0.25, -0.2) is 4.79 Å². The Labute approximate surface area is 138 Å². The summed E-state index contributed by atoms with van der Waals surface area (Å²) in [6.07, 6.45) is 8.89. The molecular formula is C19H28O4. The molecule has 0 amide bonds. The highest BCUT2D eigenvalue weighted by molar-refractivity contribution is 5.87. The second kappa shape index (κ2) is 7.06. The molecule has 4 rings (SSSR count). The molecule has 3 saturated carbocycles. The fraction of sp³-hybridized carbons (Fsp3) is 0.789. The molecule has 23 heavy (non-hydrogen) atoms. The molecule has 4 aliphatic rings. The van der Waals surface area contributed by atoms with E-state index in [2.05, 4.69) is 6.58 Å². The van der Waals surface area contributed by atoms with Crippen LogP contribution in [0.4, 0.5) is 0 Å². The van der Waals surface area contributed by atoms with Crippen molar-refractivity contribution < 1.29 is 19.1 Å². The predicted molar refractivity (Wildman–Crippen MR) is 86.5 cm³/mol. The summed E-state index contributed by atoms with van der Waals surface area (Å²) in [5.41, 5.74) is 0.494. The van der Waals surface area contributed by atoms with Crippen LogP contribution in [0.5, 0.6) is 0 Å². The molecule has 1 aliphatic heterocycles. The molecule has 1 heterocycles. The van der Waals surface area contributed by atoms with E-state index < -0.39 is 0 Å². The minimum atomic E-state index is -0.233. The molecule has 4 fully saturated rings. The SMILES string of the molecule is C=C(C)C(=O)OC1CC2CCC1C(CCCC1COC(=O)C1)C2. The molecule has 3 aliphatic carbocycles. The number of carbonyl (C=O) groups excluding carboxylic acids is 2. The van der Waals surface area contributed by atoms with Gasteiger partial charge in [-0.05, 0) is 56.8 Å². The molecule has 128 valence electrons. The largest absolute Gasteiger partial charge is 0.465 e. The molecule has 0 N–H and O–H groups in total. The van der Waals surface area contributed by atoms with E-state index in [0.717, 1.165) is 19.3 Å². The van der Waals surface area contributed by atoms with Gasteiger partial charge in [-0.1, -0.05) is 19.4 Å². The fourth-order valence-electron chi connectivity index (χ4n) is 4.72. The van der Waals surface area contributed by atoms with Crippen molar-refractivity contribution in [3.8, 4) is 0 Å². The van der Waals surface area contributed by atoms with Crippen LogP contribution in [0.25, 0.3) is 0 Å². The van der Waals surface area contributed by atoms with Gasteiger partial charge in [0.05, 0.1) is 13.0 Å². The molecule has 2 bridgehead atoms. The summed E-state index contributed by atoms with van der Waals surface area (Å²) in [4.78, 5) is 23.0. The number of rotatable bonds is 6. The monoisotopic (exact) mass is 320 g/mol. The van der Waals surface area contributed by atoms with E-state index in [4.69, 9.17) is 9.47 Å². The third-order valence-electron chi connectivity index (χ3n) is 5.92. The Bertz CT molecular complexity index is 484. The Morgan fingerprint density at radius 3 is 2.78 bits per heavy atom. The maximum atomic E-state index is 11.8. The molecule has 0 aromatic heterocycles. The molecule has 5 atom stereocenters. The van der Waals surface area contributed by atoms with Gasteiger partial charge in [-0.15, -0.1) is 0 Å². The molecule has 4 nitrogen and oxygen atoms in total. The van der Waals surface area contributed by atoms with Crippen LogP contribution in [-0.2, 0) is 19.1 Å². The Kier molecular flexibility index (Phi) is 5.08. The molecular weight excluding hydrogens is 292 g/mol. The summed E-state index contributed by atoms with van der Waals surface area (Å²) in [5, 5.41) is 0. The third kappa shape index (κ3) is 3.96. The molecule has 0 radical (unpaired) electrons. The van der Waals surface area contributed by atoms with Gasteiger partial charge in [0.25, 0.3) is 0 Å². The van der Waals surface area contributed by atoms with Crippen LogP contribution in [0.15, 0.2) is 12.2 Å². The zero-order chi connectivity index (χ0) is 16.4. The first-order valence-corrected chi connectivity index (χ1v) is 9.05. The first-order valence-electron chi connectivity index (χ1n) is 9.05. The molecule has 1 saturated heterocycles. The van der Waals surface area contributed by atoms with Gasteiger partial charge in [0.1, 0.15) is 6.10 Å². The first-order chi connectivity index (χ1) is 11.0. The standard InChI is InChI=1S/C19H28O4/c1-12(2)19(21)23-17-9-13-6-7-16(17)15(8-13)5-3-4-14-10-18(20)22-11-14/h13-17H,1,3-11H2,2H3. The highest BCUT2D eigenvalue weighted by atomic mass is 16.5. The lowest BCUT2D eigenvalue weighted by atomic mass is 9.62. The molecule has 0 aromatic rings. The number of hydrogen-bond donors (Lipinski definition) is 0. The van der Waals surface area contributed by atoms with E-state index in [1.165, 1.54) is 25.7 Å². The van der Waals surface area contributed by atoms with Gasteiger partial charge < -0.3 is 9.47 Å². The van der Waals surface area contributed by atoms with Crippen LogP contribution in [0.2, 0.25) is 0 Å². The van der Waals surface area contributed by atoms with Crippen LogP contribution >= 0.6 is 0 Å². The summed E-state index contributed by atoms with van der Waals surface area (Å²) in [6, 6.07) is 0. The number of carbonyl (C=O) groups is 2. The summed E-state index contributed by atoms with van der Waals surface area (Å²) in [7, 11) is 0. The second-order valence-corrected chi connectivity index (χ2v) is 7.75. The van der Waals surface area contributed by atoms with Crippen molar-refractivity contribution >= 4 is 11.9 Å². The van der Waals surface area contributed by atoms with E-state index in [1.807, 2.05) is 0 Å². The number of cyclic esters (lactones) is 1. The van der Waals surface area contributed by atoms with Crippen LogP contribution in [0, 0.1) is 23.7 Å². The third-order valence-corrected chi connectivity index (χ3v) is 5.92. The van der Waals surface area contributed by atoms with Crippen molar-refractivity contribution in [3.63, 3.8) is 0 Å². The quantitative estimate of drug-likeness (QED) is 0.554. The number of esters is 2. The Morgan fingerprint density at radius 1 is 1.30 bits per heavy atom. The maximum absolute atomic E-state index is 11.8. The summed E-state index contributed by atoms with van der Waals surface area (Å²) in [6.45, 7) is 6.01. The number of hydrogen-bond acceptors (Lipinski definition) is 4. The Balaban J connectivity index is 1.48. The van der Waals surface area contributed by atoms with Gasteiger partial charge in [0, 0.05) is 11.5 Å². The van der Waals surface area contributed by atoms with Gasteiger partial charge in [-0.2, -0.15) is 0 Å². The zero-order valence-electron chi connectivity index (χ0n) is 14.1. The van der Waals surface area contributed by atoms with Crippen molar-refractivity contribution in [2.24, 2.45) is 23.7 Å². The Morgan fingerprint density at radius 2 is 2.13 bits per heavy atom. The summed E-state index contributed by atoms with van der Waals surface area (Å²) < 4.78 is 10.7. The van der Waals surface area contributed by atoms with Crippen molar-refractivity contribution in [3.05, 3.63) is 12.2 Å². The Hall–Kier alpha value is -1.32. The zero-order valence-corrected chi connectivity index (χ0v) is 14.1. The van der Waals surface area contributed by atoms with Crippen molar-refractivity contribution in [2.75, 3.05) is 6.61 Å².